The van der Waals surface area contributed by atoms with Crippen molar-refractivity contribution in [2.45, 2.75) is 32.9 Å². The molecule has 1 saturated heterocycles. The number of rotatable bonds is 4. The molecule has 0 radical (unpaired) electrons. The van der Waals surface area contributed by atoms with Gasteiger partial charge in [0.2, 0.25) is 0 Å². The maximum atomic E-state index is 12.3. The average Bonchev–Trinajstić information content (AvgIpc) is 3.13. The summed E-state index contributed by atoms with van der Waals surface area (Å²) in [5, 5.41) is 8.40. The van der Waals surface area contributed by atoms with Gasteiger partial charge in [0, 0.05) is 25.7 Å². The molecule has 0 aliphatic carbocycles. The van der Waals surface area contributed by atoms with Crippen molar-refractivity contribution in [3.05, 3.63) is 38.0 Å². The normalized spacial score (nSPS) is 19.0. The number of amides is 1. The zero-order valence-corrected chi connectivity index (χ0v) is 13.9. The number of nitrogens with one attached hydrogen (secondary N) is 1. The Balaban J connectivity index is 1.55. The van der Waals surface area contributed by atoms with Crippen molar-refractivity contribution >= 4 is 28.6 Å². The minimum atomic E-state index is 0.0282. The van der Waals surface area contributed by atoms with Crippen LogP contribution in [0, 0.1) is 13.8 Å². The van der Waals surface area contributed by atoms with E-state index in [1.807, 2.05) is 13.8 Å². The third kappa shape index (κ3) is 3.51. The predicted molar refractivity (Wildman–Crippen MR) is 87.1 cm³/mol. The third-order valence-electron chi connectivity index (χ3n) is 3.70. The lowest BCUT2D eigenvalue weighted by molar-refractivity contribution is 0.0941. The van der Waals surface area contributed by atoms with Gasteiger partial charge in [-0.15, -0.1) is 11.3 Å². The van der Waals surface area contributed by atoms with Crippen LogP contribution in [0.1, 0.15) is 32.4 Å². The maximum Gasteiger partial charge on any atom is 0.263 e. The Hall–Kier alpha value is -1.24. The lowest BCUT2D eigenvalue weighted by Gasteiger charge is -2.15. The van der Waals surface area contributed by atoms with Crippen molar-refractivity contribution in [3.63, 3.8) is 0 Å². The molecule has 0 bridgehead atoms. The molecular weight excluding hydrogens is 302 g/mol. The average molecular weight is 321 g/mol. The first-order valence-corrected chi connectivity index (χ1v) is 8.86. The highest BCUT2D eigenvalue weighted by Gasteiger charge is 2.25. The fourth-order valence-electron chi connectivity index (χ4n) is 2.73. The first-order chi connectivity index (χ1) is 10.1. The van der Waals surface area contributed by atoms with E-state index in [1.54, 1.807) is 11.3 Å². The van der Waals surface area contributed by atoms with Gasteiger partial charge in [-0.3, -0.25) is 9.69 Å². The third-order valence-corrected chi connectivity index (χ3v) is 5.51. The minimum absolute atomic E-state index is 0.0282. The Morgan fingerprint density at radius 3 is 3.05 bits per heavy atom. The SMILES string of the molecule is Cc1nc(C)c(C(=O)NC2CCN(Cc3ccsc3)C2)s1. The first-order valence-electron chi connectivity index (χ1n) is 7.10. The van der Waals surface area contributed by atoms with Crippen LogP contribution < -0.4 is 5.32 Å². The zero-order chi connectivity index (χ0) is 14.8. The summed E-state index contributed by atoms with van der Waals surface area (Å²) in [6, 6.07) is 2.41. The Labute approximate surface area is 132 Å². The van der Waals surface area contributed by atoms with Gasteiger partial charge in [0.15, 0.2) is 0 Å². The number of hydrogen-bond acceptors (Lipinski definition) is 5. The van der Waals surface area contributed by atoms with Crippen molar-refractivity contribution in [1.82, 2.24) is 15.2 Å². The Morgan fingerprint density at radius 1 is 1.52 bits per heavy atom. The highest BCUT2D eigenvalue weighted by atomic mass is 32.1. The molecule has 6 heteroatoms. The summed E-state index contributed by atoms with van der Waals surface area (Å²) in [4.78, 5) is 19.8. The van der Waals surface area contributed by atoms with Gasteiger partial charge in [-0.1, -0.05) is 0 Å². The van der Waals surface area contributed by atoms with Gasteiger partial charge in [0.05, 0.1) is 10.7 Å². The molecule has 0 spiro atoms. The van der Waals surface area contributed by atoms with Gasteiger partial charge in [-0.25, -0.2) is 4.98 Å². The molecule has 1 N–H and O–H groups in total. The predicted octanol–water partition coefficient (Wildman–Crippen LogP) is 2.83. The molecule has 3 rings (SSSR count). The molecule has 1 atom stereocenters. The summed E-state index contributed by atoms with van der Waals surface area (Å²) in [5.74, 6) is 0.0282. The molecule has 2 aromatic heterocycles. The van der Waals surface area contributed by atoms with E-state index < -0.39 is 0 Å². The number of aromatic nitrogens is 1. The molecular formula is C15H19N3OS2. The highest BCUT2D eigenvalue weighted by Crippen LogP contribution is 2.19. The van der Waals surface area contributed by atoms with Crippen LogP contribution in [0.15, 0.2) is 16.8 Å². The molecule has 1 unspecified atom stereocenters. The topological polar surface area (TPSA) is 45.2 Å². The smallest absolute Gasteiger partial charge is 0.263 e. The van der Waals surface area contributed by atoms with Crippen molar-refractivity contribution in [1.29, 1.82) is 0 Å². The quantitative estimate of drug-likeness (QED) is 0.942. The number of hydrogen-bond donors (Lipinski definition) is 1. The van der Waals surface area contributed by atoms with Crippen molar-refractivity contribution in [3.8, 4) is 0 Å². The van der Waals surface area contributed by atoms with E-state index in [-0.39, 0.29) is 11.9 Å². The van der Waals surface area contributed by atoms with Crippen LogP contribution in [-0.2, 0) is 6.54 Å². The molecule has 3 heterocycles. The maximum absolute atomic E-state index is 12.3. The Bertz CT molecular complexity index is 621. The lowest BCUT2D eigenvalue weighted by Crippen LogP contribution is -2.36. The summed E-state index contributed by atoms with van der Waals surface area (Å²) in [7, 11) is 0. The van der Waals surface area contributed by atoms with E-state index in [0.717, 1.165) is 41.6 Å². The summed E-state index contributed by atoms with van der Waals surface area (Å²) in [5.41, 5.74) is 2.20. The molecule has 1 aliphatic rings. The van der Waals surface area contributed by atoms with Crippen molar-refractivity contribution in [2.75, 3.05) is 13.1 Å². The van der Waals surface area contributed by atoms with Crippen LogP contribution in [0.4, 0.5) is 0 Å². The second kappa shape index (κ2) is 6.25. The van der Waals surface area contributed by atoms with Gasteiger partial charge >= 0.3 is 0 Å². The molecule has 1 aliphatic heterocycles. The van der Waals surface area contributed by atoms with E-state index >= 15 is 0 Å². The number of nitrogens with zero attached hydrogens (tertiary/aromatic N) is 2. The number of aryl methyl sites for hydroxylation is 2. The fourth-order valence-corrected chi connectivity index (χ4v) is 4.21. The number of carbonyl (C=O) groups excluding carboxylic acids is 1. The minimum Gasteiger partial charge on any atom is -0.347 e. The van der Waals surface area contributed by atoms with E-state index in [9.17, 15) is 4.79 Å². The second-order valence-corrected chi connectivity index (χ2v) is 7.46. The Morgan fingerprint density at radius 2 is 2.38 bits per heavy atom. The molecule has 0 aromatic carbocycles. The van der Waals surface area contributed by atoms with Crippen molar-refractivity contribution < 1.29 is 4.79 Å². The second-order valence-electron chi connectivity index (χ2n) is 5.47. The van der Waals surface area contributed by atoms with E-state index in [0.29, 0.717) is 0 Å². The molecule has 112 valence electrons. The van der Waals surface area contributed by atoms with Crippen LogP contribution in [0.25, 0.3) is 0 Å². The van der Waals surface area contributed by atoms with E-state index in [4.69, 9.17) is 0 Å². The number of thiophene rings is 1. The van der Waals surface area contributed by atoms with Gasteiger partial charge in [0.1, 0.15) is 4.88 Å². The van der Waals surface area contributed by atoms with Gasteiger partial charge in [0.25, 0.3) is 5.91 Å². The molecule has 0 saturated carbocycles. The van der Waals surface area contributed by atoms with Crippen LogP contribution in [0.3, 0.4) is 0 Å². The van der Waals surface area contributed by atoms with E-state index in [2.05, 4.69) is 32.0 Å². The van der Waals surface area contributed by atoms with Gasteiger partial charge in [-0.05, 0) is 42.7 Å². The summed E-state index contributed by atoms with van der Waals surface area (Å²) >= 11 is 3.21. The standard InChI is InChI=1S/C15H19N3OS2/c1-10-14(21-11(2)16-10)15(19)17-13-3-5-18(8-13)7-12-4-6-20-9-12/h4,6,9,13H,3,5,7-8H2,1-2H3,(H,17,19). The monoisotopic (exact) mass is 321 g/mol. The molecule has 2 aromatic rings. The largest absolute Gasteiger partial charge is 0.347 e. The van der Waals surface area contributed by atoms with Crippen LogP contribution in [0.5, 0.6) is 0 Å². The number of carbonyl (C=O) groups is 1. The summed E-state index contributed by atoms with van der Waals surface area (Å²) in [6.45, 7) is 6.79. The van der Waals surface area contributed by atoms with Crippen LogP contribution in [0.2, 0.25) is 0 Å². The van der Waals surface area contributed by atoms with E-state index in [1.165, 1.54) is 16.9 Å². The first kappa shape index (κ1) is 14.7. The summed E-state index contributed by atoms with van der Waals surface area (Å²) < 4.78 is 0. The zero-order valence-electron chi connectivity index (χ0n) is 12.3. The molecule has 21 heavy (non-hydrogen) atoms. The van der Waals surface area contributed by atoms with Gasteiger partial charge in [-0.2, -0.15) is 11.3 Å². The van der Waals surface area contributed by atoms with Crippen LogP contribution in [-0.4, -0.2) is 34.9 Å². The van der Waals surface area contributed by atoms with Crippen LogP contribution >= 0.6 is 22.7 Å². The highest BCUT2D eigenvalue weighted by molar-refractivity contribution is 7.13. The van der Waals surface area contributed by atoms with Crippen molar-refractivity contribution in [2.24, 2.45) is 0 Å². The number of thiazole rings is 1. The Kier molecular flexibility index (Phi) is 4.37. The number of likely N-dealkylation sites (tertiary alicyclic amines) is 1. The fraction of sp³-hybridized carbons (Fsp3) is 0.467. The van der Waals surface area contributed by atoms with Gasteiger partial charge < -0.3 is 5.32 Å². The molecule has 1 fully saturated rings. The molecule has 1 amide bonds. The molecule has 4 nitrogen and oxygen atoms in total. The summed E-state index contributed by atoms with van der Waals surface area (Å²) in [6.07, 6.45) is 1.02. The lowest BCUT2D eigenvalue weighted by atomic mass is 10.2.